The quantitative estimate of drug-likeness (QED) is 0.818. The highest BCUT2D eigenvalue weighted by Gasteiger charge is 2.19. The molecule has 2 rings (SSSR count). The minimum atomic E-state index is 0.476. The molecule has 0 amide bonds. The lowest BCUT2D eigenvalue weighted by atomic mass is 9.83. The molecule has 0 spiro atoms. The van der Waals surface area contributed by atoms with Crippen LogP contribution < -0.4 is 5.32 Å². The minimum Gasteiger partial charge on any atom is -0.313 e. The van der Waals surface area contributed by atoms with Gasteiger partial charge in [0.1, 0.15) is 0 Å². The van der Waals surface area contributed by atoms with Crippen LogP contribution in [0.2, 0.25) is 5.02 Å². The molecule has 0 bridgehead atoms. The Kier molecular flexibility index (Phi) is 5.08. The number of rotatable bonds is 4. The summed E-state index contributed by atoms with van der Waals surface area (Å²) in [5, 5.41) is 4.34. The zero-order valence-electron chi connectivity index (χ0n) is 11.5. The van der Waals surface area contributed by atoms with Gasteiger partial charge >= 0.3 is 0 Å². The van der Waals surface area contributed by atoms with Gasteiger partial charge in [0.2, 0.25) is 0 Å². The van der Waals surface area contributed by atoms with Crippen LogP contribution in [-0.4, -0.2) is 7.05 Å². The summed E-state index contributed by atoms with van der Waals surface area (Å²) in [7, 11) is 2.07. The predicted molar refractivity (Wildman–Crippen MR) is 79.2 cm³/mol. The van der Waals surface area contributed by atoms with Gasteiger partial charge < -0.3 is 5.32 Å². The Morgan fingerprint density at radius 2 is 2.00 bits per heavy atom. The second-order valence-corrected chi connectivity index (χ2v) is 6.00. The fourth-order valence-corrected chi connectivity index (χ4v) is 3.18. The first-order valence-corrected chi connectivity index (χ1v) is 7.52. The van der Waals surface area contributed by atoms with E-state index in [0.29, 0.717) is 6.04 Å². The first-order valence-electron chi connectivity index (χ1n) is 7.14. The number of hydrogen-bond acceptors (Lipinski definition) is 1. The van der Waals surface area contributed by atoms with Crippen molar-refractivity contribution >= 4 is 11.6 Å². The summed E-state index contributed by atoms with van der Waals surface area (Å²) in [4.78, 5) is 0. The van der Waals surface area contributed by atoms with Gasteiger partial charge in [-0.25, -0.2) is 0 Å². The maximum absolute atomic E-state index is 6.10. The highest BCUT2D eigenvalue weighted by atomic mass is 35.5. The van der Waals surface area contributed by atoms with E-state index in [4.69, 9.17) is 11.6 Å². The van der Waals surface area contributed by atoms with Crippen molar-refractivity contribution in [2.45, 2.75) is 51.5 Å². The van der Waals surface area contributed by atoms with Gasteiger partial charge in [-0.1, -0.05) is 55.8 Å². The molecule has 0 saturated heterocycles. The molecule has 1 aliphatic rings. The van der Waals surface area contributed by atoms with Crippen LogP contribution in [0.1, 0.15) is 55.7 Å². The summed E-state index contributed by atoms with van der Waals surface area (Å²) in [6.45, 7) is 2.08. The molecule has 1 aromatic rings. The number of hydrogen-bond donors (Lipinski definition) is 1. The van der Waals surface area contributed by atoms with Gasteiger partial charge in [-0.05, 0) is 43.5 Å². The van der Waals surface area contributed by atoms with Crippen molar-refractivity contribution in [3.05, 3.63) is 34.3 Å². The van der Waals surface area contributed by atoms with Crippen molar-refractivity contribution in [2.75, 3.05) is 7.05 Å². The summed E-state index contributed by atoms with van der Waals surface area (Å²) >= 11 is 6.10. The molecule has 0 aromatic heterocycles. The molecule has 1 atom stereocenters. The molecule has 0 aliphatic heterocycles. The van der Waals surface area contributed by atoms with Crippen LogP contribution in [0.3, 0.4) is 0 Å². The molecule has 1 N–H and O–H groups in total. The van der Waals surface area contributed by atoms with Gasteiger partial charge in [0.25, 0.3) is 0 Å². The fraction of sp³-hybridized carbons (Fsp3) is 0.625. The van der Waals surface area contributed by atoms with Crippen LogP contribution >= 0.6 is 11.6 Å². The Balaban J connectivity index is 2.04. The van der Waals surface area contributed by atoms with Crippen molar-refractivity contribution in [1.82, 2.24) is 5.32 Å². The van der Waals surface area contributed by atoms with Gasteiger partial charge in [0, 0.05) is 11.1 Å². The highest BCUT2D eigenvalue weighted by molar-refractivity contribution is 6.31. The van der Waals surface area contributed by atoms with E-state index in [-0.39, 0.29) is 0 Å². The van der Waals surface area contributed by atoms with E-state index in [0.717, 1.165) is 10.9 Å². The summed E-state index contributed by atoms with van der Waals surface area (Å²) in [5.74, 6) is 0.896. The minimum absolute atomic E-state index is 0.476. The van der Waals surface area contributed by atoms with E-state index in [1.54, 1.807) is 0 Å². The fourth-order valence-electron chi connectivity index (χ4n) is 3.06. The van der Waals surface area contributed by atoms with E-state index < -0.39 is 0 Å². The summed E-state index contributed by atoms with van der Waals surface area (Å²) in [6, 6.07) is 6.90. The van der Waals surface area contributed by atoms with Crippen molar-refractivity contribution in [2.24, 2.45) is 5.92 Å². The van der Waals surface area contributed by atoms with Crippen LogP contribution in [0, 0.1) is 12.8 Å². The number of halogens is 1. The molecular weight excluding hydrogens is 242 g/mol. The second kappa shape index (κ2) is 6.58. The summed E-state index contributed by atoms with van der Waals surface area (Å²) < 4.78 is 0. The van der Waals surface area contributed by atoms with Crippen molar-refractivity contribution in [3.63, 3.8) is 0 Å². The lowest BCUT2D eigenvalue weighted by Crippen LogP contribution is -2.21. The molecule has 100 valence electrons. The van der Waals surface area contributed by atoms with Crippen LogP contribution in [0.25, 0.3) is 0 Å². The summed E-state index contributed by atoms with van der Waals surface area (Å²) in [5.41, 5.74) is 2.56. The first kappa shape index (κ1) is 13.9. The molecule has 1 nitrogen and oxygen atoms in total. The second-order valence-electron chi connectivity index (χ2n) is 5.59. The molecule has 1 aromatic carbocycles. The topological polar surface area (TPSA) is 12.0 Å². The van der Waals surface area contributed by atoms with Gasteiger partial charge in [-0.2, -0.15) is 0 Å². The molecular formula is C16H24ClN. The standard InChI is InChI=1S/C16H24ClN/c1-12-10-14(8-9-15(12)17)16(18-2)11-13-6-4-3-5-7-13/h8-10,13,16,18H,3-7,11H2,1-2H3. The van der Waals surface area contributed by atoms with Gasteiger partial charge in [0.05, 0.1) is 0 Å². The maximum atomic E-state index is 6.10. The van der Waals surface area contributed by atoms with Crippen LogP contribution in [0.5, 0.6) is 0 Å². The van der Waals surface area contributed by atoms with Crippen molar-refractivity contribution in [3.8, 4) is 0 Å². The molecule has 2 heteroatoms. The van der Waals surface area contributed by atoms with Crippen molar-refractivity contribution < 1.29 is 0 Å². The Morgan fingerprint density at radius 1 is 1.28 bits per heavy atom. The normalized spacial score (nSPS) is 18.8. The molecule has 18 heavy (non-hydrogen) atoms. The number of nitrogens with one attached hydrogen (secondary N) is 1. The van der Waals surface area contributed by atoms with Gasteiger partial charge in [-0.3, -0.25) is 0 Å². The highest BCUT2D eigenvalue weighted by Crippen LogP contribution is 2.32. The van der Waals surface area contributed by atoms with Crippen LogP contribution in [0.4, 0.5) is 0 Å². The molecule has 1 saturated carbocycles. The Morgan fingerprint density at radius 3 is 2.61 bits per heavy atom. The average molecular weight is 266 g/mol. The zero-order chi connectivity index (χ0) is 13.0. The van der Waals surface area contributed by atoms with Crippen LogP contribution in [-0.2, 0) is 0 Å². The zero-order valence-corrected chi connectivity index (χ0v) is 12.3. The average Bonchev–Trinajstić information content (AvgIpc) is 2.40. The lowest BCUT2D eigenvalue weighted by molar-refractivity contribution is 0.306. The van der Waals surface area contributed by atoms with E-state index in [1.165, 1.54) is 49.7 Å². The predicted octanol–water partition coefficient (Wildman–Crippen LogP) is 4.88. The molecule has 1 aliphatic carbocycles. The van der Waals surface area contributed by atoms with Crippen LogP contribution in [0.15, 0.2) is 18.2 Å². The Bertz CT molecular complexity index is 383. The van der Waals surface area contributed by atoms with Gasteiger partial charge in [-0.15, -0.1) is 0 Å². The number of benzene rings is 1. The Hall–Kier alpha value is -0.530. The van der Waals surface area contributed by atoms with Crippen molar-refractivity contribution in [1.29, 1.82) is 0 Å². The van der Waals surface area contributed by atoms with E-state index in [2.05, 4.69) is 31.4 Å². The Labute approximate surface area is 116 Å². The molecule has 0 heterocycles. The van der Waals surface area contributed by atoms with E-state index in [9.17, 15) is 0 Å². The smallest absolute Gasteiger partial charge is 0.0435 e. The molecule has 0 radical (unpaired) electrons. The SMILES string of the molecule is CNC(CC1CCCCC1)c1ccc(Cl)c(C)c1. The summed E-state index contributed by atoms with van der Waals surface area (Å²) in [6.07, 6.45) is 8.34. The third-order valence-corrected chi connectivity index (χ3v) is 4.65. The molecule has 1 fully saturated rings. The maximum Gasteiger partial charge on any atom is 0.0435 e. The monoisotopic (exact) mass is 265 g/mol. The number of aryl methyl sites for hydroxylation is 1. The largest absolute Gasteiger partial charge is 0.313 e. The van der Waals surface area contributed by atoms with E-state index in [1.807, 2.05) is 6.07 Å². The van der Waals surface area contributed by atoms with E-state index >= 15 is 0 Å². The van der Waals surface area contributed by atoms with Gasteiger partial charge in [0.15, 0.2) is 0 Å². The lowest BCUT2D eigenvalue weighted by Gasteiger charge is -2.27. The third-order valence-electron chi connectivity index (χ3n) is 4.23. The first-order chi connectivity index (χ1) is 8.70. The third kappa shape index (κ3) is 3.49. The molecule has 1 unspecified atom stereocenters.